The molecule has 90 valence electrons. The van der Waals surface area contributed by atoms with Gasteiger partial charge < -0.3 is 15.9 Å². The Hall–Kier alpha value is -1.33. The van der Waals surface area contributed by atoms with Gasteiger partial charge in [-0.25, -0.2) is 0 Å². The average molecular weight is 225 g/mol. The van der Waals surface area contributed by atoms with E-state index in [2.05, 4.69) is 0 Å². The fraction of sp³-hybridized carbons (Fsp3) is 0.545. The van der Waals surface area contributed by atoms with Gasteiger partial charge in [-0.05, 0) is 26.1 Å². The van der Waals surface area contributed by atoms with E-state index in [1.807, 2.05) is 31.0 Å². The molecule has 1 aromatic heterocycles. The number of likely N-dealkylation sites (N-methyl/N-ethyl adjacent to an activating group) is 1. The molecule has 0 radical (unpaired) electrons. The van der Waals surface area contributed by atoms with E-state index in [4.69, 9.17) is 15.9 Å². The van der Waals surface area contributed by atoms with Gasteiger partial charge in [-0.1, -0.05) is 0 Å². The lowest BCUT2D eigenvalue weighted by atomic mass is 10.1. The van der Waals surface area contributed by atoms with E-state index in [1.54, 1.807) is 0 Å². The summed E-state index contributed by atoms with van der Waals surface area (Å²) in [6.07, 6.45) is 0.271. The monoisotopic (exact) mass is 225 g/mol. The summed E-state index contributed by atoms with van der Waals surface area (Å²) in [5, 5.41) is 0. The molecular formula is C11H19N3O2. The van der Waals surface area contributed by atoms with E-state index in [9.17, 15) is 4.79 Å². The minimum atomic E-state index is -0.335. The van der Waals surface area contributed by atoms with E-state index in [0.29, 0.717) is 13.1 Å². The highest BCUT2D eigenvalue weighted by molar-refractivity contribution is 5.74. The summed E-state index contributed by atoms with van der Waals surface area (Å²) in [5.74, 6) is 1.41. The lowest BCUT2D eigenvalue weighted by Gasteiger charge is -2.24. The molecule has 0 aliphatic heterocycles. The first-order chi connectivity index (χ1) is 7.52. The molecule has 0 saturated heterocycles. The number of nitrogens with zero attached hydrogens (tertiary/aromatic N) is 1. The van der Waals surface area contributed by atoms with Gasteiger partial charge in [0.05, 0.1) is 6.54 Å². The summed E-state index contributed by atoms with van der Waals surface area (Å²) in [5.41, 5.74) is 10.8. The minimum absolute atomic E-state index is 0.0390. The lowest BCUT2D eigenvalue weighted by Crippen LogP contribution is -2.40. The van der Waals surface area contributed by atoms with Crippen LogP contribution < -0.4 is 11.5 Å². The molecule has 0 spiro atoms. The zero-order valence-electron chi connectivity index (χ0n) is 9.77. The molecule has 5 nitrogen and oxygen atoms in total. The highest BCUT2D eigenvalue weighted by atomic mass is 16.3. The number of furan rings is 1. The van der Waals surface area contributed by atoms with E-state index in [0.717, 1.165) is 11.5 Å². The first-order valence-electron chi connectivity index (χ1n) is 5.27. The van der Waals surface area contributed by atoms with Crippen molar-refractivity contribution < 1.29 is 9.21 Å². The molecule has 0 aliphatic rings. The van der Waals surface area contributed by atoms with Crippen molar-refractivity contribution in [1.29, 1.82) is 0 Å². The maximum Gasteiger partial charge on any atom is 0.219 e. The molecule has 0 bridgehead atoms. The molecule has 16 heavy (non-hydrogen) atoms. The molecule has 4 N–H and O–H groups in total. The number of carbonyl (C=O) groups is 1. The summed E-state index contributed by atoms with van der Waals surface area (Å²) in [6.45, 7) is 2.93. The van der Waals surface area contributed by atoms with Crippen LogP contribution in [0.25, 0.3) is 0 Å². The van der Waals surface area contributed by atoms with Crippen LogP contribution in [-0.4, -0.2) is 30.4 Å². The second kappa shape index (κ2) is 5.67. The fourth-order valence-corrected chi connectivity index (χ4v) is 1.60. The molecular weight excluding hydrogens is 206 g/mol. The van der Waals surface area contributed by atoms with Gasteiger partial charge >= 0.3 is 0 Å². The molecule has 1 amide bonds. The number of rotatable bonds is 6. The number of amides is 1. The van der Waals surface area contributed by atoms with Crippen molar-refractivity contribution in [3.63, 3.8) is 0 Å². The Morgan fingerprint density at radius 2 is 2.25 bits per heavy atom. The summed E-state index contributed by atoms with van der Waals surface area (Å²) in [4.78, 5) is 12.8. The van der Waals surface area contributed by atoms with Crippen LogP contribution in [-0.2, 0) is 11.3 Å². The summed E-state index contributed by atoms with van der Waals surface area (Å²) < 4.78 is 5.46. The summed E-state index contributed by atoms with van der Waals surface area (Å²) >= 11 is 0. The quantitative estimate of drug-likeness (QED) is 0.725. The van der Waals surface area contributed by atoms with Crippen LogP contribution >= 0.6 is 0 Å². The highest BCUT2D eigenvalue weighted by Gasteiger charge is 2.16. The zero-order chi connectivity index (χ0) is 12.1. The lowest BCUT2D eigenvalue weighted by molar-refractivity contribution is -0.119. The number of carbonyl (C=O) groups excluding carboxylic acids is 1. The molecule has 0 fully saturated rings. The van der Waals surface area contributed by atoms with Crippen LogP contribution in [0.15, 0.2) is 16.5 Å². The van der Waals surface area contributed by atoms with Crippen molar-refractivity contribution >= 4 is 5.91 Å². The van der Waals surface area contributed by atoms with Gasteiger partial charge in [0.15, 0.2) is 0 Å². The van der Waals surface area contributed by atoms with E-state index < -0.39 is 0 Å². The van der Waals surface area contributed by atoms with Gasteiger partial charge in [0.25, 0.3) is 0 Å². The molecule has 1 atom stereocenters. The number of nitrogens with two attached hydrogens (primary N) is 2. The average Bonchev–Trinajstić information content (AvgIpc) is 2.60. The highest BCUT2D eigenvalue weighted by Crippen LogP contribution is 2.11. The van der Waals surface area contributed by atoms with Crippen molar-refractivity contribution in [3.8, 4) is 0 Å². The molecule has 1 unspecified atom stereocenters. The van der Waals surface area contributed by atoms with Crippen LogP contribution in [0.2, 0.25) is 0 Å². The number of hydrogen-bond donors (Lipinski definition) is 2. The minimum Gasteiger partial charge on any atom is -0.465 e. The maximum atomic E-state index is 10.8. The van der Waals surface area contributed by atoms with Gasteiger partial charge in [0, 0.05) is 19.0 Å². The van der Waals surface area contributed by atoms with Crippen LogP contribution in [0.5, 0.6) is 0 Å². The fourth-order valence-electron chi connectivity index (χ4n) is 1.60. The Balaban J connectivity index is 2.55. The maximum absolute atomic E-state index is 10.8. The third-order valence-corrected chi connectivity index (χ3v) is 2.53. The third kappa shape index (κ3) is 3.67. The van der Waals surface area contributed by atoms with Crippen molar-refractivity contribution in [2.45, 2.75) is 25.9 Å². The smallest absolute Gasteiger partial charge is 0.219 e. The SMILES string of the molecule is Cc1ccc(CN(C)C(CN)CC(N)=O)o1. The zero-order valence-corrected chi connectivity index (χ0v) is 9.77. The summed E-state index contributed by atoms with van der Waals surface area (Å²) in [7, 11) is 1.90. The Morgan fingerprint density at radius 3 is 2.69 bits per heavy atom. The van der Waals surface area contributed by atoms with E-state index in [-0.39, 0.29) is 18.4 Å². The number of hydrogen-bond acceptors (Lipinski definition) is 4. The van der Waals surface area contributed by atoms with Crippen LogP contribution in [0.1, 0.15) is 17.9 Å². The Kier molecular flexibility index (Phi) is 4.52. The second-order valence-electron chi connectivity index (χ2n) is 3.99. The predicted molar refractivity (Wildman–Crippen MR) is 61.6 cm³/mol. The summed E-state index contributed by atoms with van der Waals surface area (Å²) in [6, 6.07) is 3.79. The molecule has 1 heterocycles. The van der Waals surface area contributed by atoms with Crippen molar-refractivity contribution in [2.75, 3.05) is 13.6 Å². The molecule has 5 heteroatoms. The van der Waals surface area contributed by atoms with Gasteiger partial charge in [-0.3, -0.25) is 9.69 Å². The van der Waals surface area contributed by atoms with Crippen molar-refractivity contribution in [1.82, 2.24) is 4.90 Å². The standard InChI is InChI=1S/C11H19N3O2/c1-8-3-4-10(16-8)7-14(2)9(6-12)5-11(13)15/h3-4,9H,5-7,12H2,1-2H3,(H2,13,15). The third-order valence-electron chi connectivity index (χ3n) is 2.53. The Labute approximate surface area is 95.4 Å². The van der Waals surface area contributed by atoms with Crippen LogP contribution in [0, 0.1) is 6.92 Å². The molecule has 0 saturated carbocycles. The molecule has 0 aliphatic carbocycles. The number of primary amides is 1. The van der Waals surface area contributed by atoms with E-state index >= 15 is 0 Å². The molecule has 1 aromatic rings. The van der Waals surface area contributed by atoms with Gasteiger partial charge in [-0.15, -0.1) is 0 Å². The Bertz CT molecular complexity index is 349. The normalized spacial score (nSPS) is 13.0. The Morgan fingerprint density at radius 1 is 1.56 bits per heavy atom. The largest absolute Gasteiger partial charge is 0.465 e. The first kappa shape index (κ1) is 12.7. The second-order valence-corrected chi connectivity index (χ2v) is 3.99. The van der Waals surface area contributed by atoms with Gasteiger partial charge in [0.2, 0.25) is 5.91 Å². The van der Waals surface area contributed by atoms with Crippen molar-refractivity contribution in [3.05, 3.63) is 23.7 Å². The number of aryl methyl sites for hydroxylation is 1. The van der Waals surface area contributed by atoms with Gasteiger partial charge in [0.1, 0.15) is 11.5 Å². The van der Waals surface area contributed by atoms with Crippen LogP contribution in [0.4, 0.5) is 0 Å². The van der Waals surface area contributed by atoms with Crippen LogP contribution in [0.3, 0.4) is 0 Å². The van der Waals surface area contributed by atoms with E-state index in [1.165, 1.54) is 0 Å². The predicted octanol–water partition coefficient (Wildman–Crippen LogP) is 0.223. The topological polar surface area (TPSA) is 85.5 Å². The molecule has 1 rings (SSSR count). The van der Waals surface area contributed by atoms with Crippen molar-refractivity contribution in [2.24, 2.45) is 11.5 Å². The van der Waals surface area contributed by atoms with Gasteiger partial charge in [-0.2, -0.15) is 0 Å². The first-order valence-corrected chi connectivity index (χ1v) is 5.27. The molecule has 0 aromatic carbocycles.